The van der Waals surface area contributed by atoms with Crippen LogP contribution in [-0.4, -0.2) is 28.6 Å². The molecule has 0 saturated heterocycles. The van der Waals surface area contributed by atoms with E-state index in [1.807, 2.05) is 0 Å². The number of alkyl halides is 3. The van der Waals surface area contributed by atoms with Crippen molar-refractivity contribution < 1.29 is 27.3 Å². The lowest BCUT2D eigenvalue weighted by molar-refractivity contribution is -0.137. The molecule has 4 nitrogen and oxygen atoms in total. The van der Waals surface area contributed by atoms with Crippen molar-refractivity contribution in [1.29, 1.82) is 0 Å². The van der Waals surface area contributed by atoms with Crippen molar-refractivity contribution in [3.63, 3.8) is 0 Å². The maximum atomic E-state index is 13.2. The Morgan fingerprint density at radius 3 is 2.38 bits per heavy atom. The minimum Gasteiger partial charge on any atom is -0.591 e. The number of carbonyl (C=O) groups is 1. The van der Waals surface area contributed by atoms with Crippen LogP contribution in [0, 0.1) is 0 Å². The number of halogens is 3. The number of methoxy groups -OCH3 is 1. The molecule has 0 fully saturated rings. The molecule has 0 saturated carbocycles. The monoisotopic (exact) mass is 443 g/mol. The number of rotatable bonds is 5. The van der Waals surface area contributed by atoms with Gasteiger partial charge in [-0.2, -0.15) is 13.2 Å². The van der Waals surface area contributed by atoms with Gasteiger partial charge in [-0.05, 0) is 45.0 Å². The lowest BCUT2D eigenvalue weighted by Gasteiger charge is -2.18. The van der Waals surface area contributed by atoms with Crippen LogP contribution in [0.15, 0.2) is 56.7 Å². The Balaban J connectivity index is 2.51. The fourth-order valence-electron chi connectivity index (χ4n) is 2.12. The van der Waals surface area contributed by atoms with E-state index >= 15 is 0 Å². The van der Waals surface area contributed by atoms with Crippen molar-refractivity contribution >= 4 is 35.3 Å². The summed E-state index contributed by atoms with van der Waals surface area (Å²) in [7, 11) is 1.23. The van der Waals surface area contributed by atoms with E-state index in [1.54, 1.807) is 39.0 Å². The summed E-state index contributed by atoms with van der Waals surface area (Å²) in [6.45, 7) is 5.24. The molecule has 1 atom stereocenters. The van der Waals surface area contributed by atoms with Crippen molar-refractivity contribution in [3.05, 3.63) is 59.2 Å². The van der Waals surface area contributed by atoms with Gasteiger partial charge >= 0.3 is 12.1 Å². The van der Waals surface area contributed by atoms with Gasteiger partial charge in [0.1, 0.15) is 16.1 Å². The number of hydrogen-bond donors (Lipinski definition) is 0. The Kier molecular flexibility index (Phi) is 7.42. The first-order valence-electron chi connectivity index (χ1n) is 8.46. The van der Waals surface area contributed by atoms with E-state index < -0.39 is 33.8 Å². The molecule has 0 aromatic heterocycles. The van der Waals surface area contributed by atoms with Crippen molar-refractivity contribution in [2.75, 3.05) is 7.11 Å². The molecule has 2 aromatic carbocycles. The SMILES string of the molecule is COC(=O)c1ccccc1Sc1cc(C(F)(F)F)ccc1C=N[S+]([O-])C(C)(C)C. The summed E-state index contributed by atoms with van der Waals surface area (Å²) in [6.07, 6.45) is -3.23. The summed E-state index contributed by atoms with van der Waals surface area (Å²) in [6, 6.07) is 9.66. The number of nitrogens with zero attached hydrogens (tertiary/aromatic N) is 1. The highest BCUT2D eigenvalue weighted by Gasteiger charge is 2.31. The van der Waals surface area contributed by atoms with Crippen molar-refractivity contribution in [1.82, 2.24) is 0 Å². The Bertz CT molecular complexity index is 909. The van der Waals surface area contributed by atoms with E-state index in [0.29, 0.717) is 10.5 Å². The van der Waals surface area contributed by atoms with Crippen LogP contribution in [0.25, 0.3) is 0 Å². The second kappa shape index (κ2) is 9.23. The van der Waals surface area contributed by atoms with Gasteiger partial charge in [-0.1, -0.05) is 34.4 Å². The van der Waals surface area contributed by atoms with Gasteiger partial charge in [-0.3, -0.25) is 0 Å². The quantitative estimate of drug-likeness (QED) is 0.347. The zero-order valence-electron chi connectivity index (χ0n) is 16.2. The largest absolute Gasteiger partial charge is 0.591 e. The molecule has 0 radical (unpaired) electrons. The minimum absolute atomic E-state index is 0.228. The predicted molar refractivity (Wildman–Crippen MR) is 109 cm³/mol. The fraction of sp³-hybridized carbons (Fsp3) is 0.300. The molecule has 0 bridgehead atoms. The molecule has 2 aromatic rings. The standard InChI is InChI=1S/C20H20F3NO3S2/c1-19(2,3)29(26)24-12-13-9-10-14(20(21,22)23)11-17(13)28-16-8-6-5-7-15(16)18(25)27-4/h5-12H,1-4H3. The zero-order chi connectivity index (χ0) is 21.8. The highest BCUT2D eigenvalue weighted by atomic mass is 32.2. The molecule has 29 heavy (non-hydrogen) atoms. The molecule has 0 aliphatic heterocycles. The number of hydrogen-bond acceptors (Lipinski definition) is 5. The molecular formula is C20H20F3NO3S2. The van der Waals surface area contributed by atoms with Crippen molar-refractivity contribution in [2.45, 2.75) is 41.5 Å². The van der Waals surface area contributed by atoms with Crippen LogP contribution in [0.5, 0.6) is 0 Å². The molecule has 0 aliphatic carbocycles. The highest BCUT2D eigenvalue weighted by Crippen LogP contribution is 2.37. The molecule has 0 heterocycles. The van der Waals surface area contributed by atoms with Gasteiger partial charge in [0.05, 0.1) is 24.5 Å². The third-order valence-corrected chi connectivity index (χ3v) is 6.16. The molecular weight excluding hydrogens is 423 g/mol. The van der Waals surface area contributed by atoms with E-state index in [4.69, 9.17) is 4.74 Å². The van der Waals surface area contributed by atoms with Crippen LogP contribution in [-0.2, 0) is 22.3 Å². The highest BCUT2D eigenvalue weighted by molar-refractivity contribution is 7.99. The van der Waals surface area contributed by atoms with E-state index in [-0.39, 0.29) is 10.5 Å². The van der Waals surface area contributed by atoms with Crippen LogP contribution < -0.4 is 0 Å². The van der Waals surface area contributed by atoms with Crippen LogP contribution in [0.3, 0.4) is 0 Å². The van der Waals surface area contributed by atoms with Gasteiger partial charge in [-0.25, -0.2) is 4.79 Å². The Morgan fingerprint density at radius 1 is 1.14 bits per heavy atom. The minimum atomic E-state index is -4.53. The summed E-state index contributed by atoms with van der Waals surface area (Å²) < 4.78 is 59.9. The summed E-state index contributed by atoms with van der Waals surface area (Å²) in [5.74, 6) is -0.593. The van der Waals surface area contributed by atoms with E-state index in [1.165, 1.54) is 25.5 Å². The summed E-state index contributed by atoms with van der Waals surface area (Å²) in [5.41, 5.74) is -0.233. The van der Waals surface area contributed by atoms with Gasteiger partial charge in [-0.15, -0.1) is 0 Å². The zero-order valence-corrected chi connectivity index (χ0v) is 17.9. The second-order valence-electron chi connectivity index (χ2n) is 6.94. The molecule has 156 valence electrons. The lowest BCUT2D eigenvalue weighted by atomic mass is 10.1. The smallest absolute Gasteiger partial charge is 0.416 e. The average molecular weight is 444 g/mol. The van der Waals surface area contributed by atoms with Crippen molar-refractivity contribution in [3.8, 4) is 0 Å². The topological polar surface area (TPSA) is 61.7 Å². The van der Waals surface area contributed by atoms with Gasteiger partial charge in [0.2, 0.25) is 0 Å². The number of benzene rings is 2. The molecule has 1 unspecified atom stereocenters. The predicted octanol–water partition coefficient (Wildman–Crippen LogP) is 5.52. The normalized spacial score (nSPS) is 13.5. The molecule has 0 N–H and O–H groups in total. The van der Waals surface area contributed by atoms with Crippen LogP contribution in [0.2, 0.25) is 0 Å². The first-order valence-corrected chi connectivity index (χ1v) is 10.4. The summed E-state index contributed by atoms with van der Waals surface area (Å²) in [5, 5.41) is 0. The second-order valence-corrected chi connectivity index (χ2v) is 9.95. The third-order valence-electron chi connectivity index (χ3n) is 3.66. The van der Waals surface area contributed by atoms with Crippen LogP contribution in [0.4, 0.5) is 13.2 Å². The third kappa shape index (κ3) is 6.25. The van der Waals surface area contributed by atoms with Crippen LogP contribution >= 0.6 is 11.8 Å². The molecule has 0 amide bonds. The Labute approximate surface area is 174 Å². The van der Waals surface area contributed by atoms with Crippen LogP contribution in [0.1, 0.15) is 42.3 Å². The van der Waals surface area contributed by atoms with Gasteiger partial charge in [0.25, 0.3) is 0 Å². The molecule has 9 heteroatoms. The molecule has 0 spiro atoms. The maximum absolute atomic E-state index is 13.2. The number of ether oxygens (including phenoxy) is 1. The lowest BCUT2D eigenvalue weighted by Crippen LogP contribution is -2.25. The fourth-order valence-corrected chi connectivity index (χ4v) is 3.72. The Hall–Kier alpha value is -1.97. The van der Waals surface area contributed by atoms with Crippen molar-refractivity contribution in [2.24, 2.45) is 4.40 Å². The maximum Gasteiger partial charge on any atom is 0.416 e. The number of carbonyl (C=O) groups excluding carboxylic acids is 1. The first-order chi connectivity index (χ1) is 13.4. The summed E-state index contributed by atoms with van der Waals surface area (Å²) in [4.78, 5) is 12.6. The van der Waals surface area contributed by atoms with Gasteiger partial charge in [0, 0.05) is 15.4 Å². The molecule has 2 rings (SSSR count). The Morgan fingerprint density at radius 2 is 1.79 bits per heavy atom. The average Bonchev–Trinajstić information content (AvgIpc) is 2.65. The molecule has 0 aliphatic rings. The van der Waals surface area contributed by atoms with Gasteiger partial charge in [0.15, 0.2) is 0 Å². The number of esters is 1. The van der Waals surface area contributed by atoms with E-state index in [0.717, 1.165) is 23.9 Å². The van der Waals surface area contributed by atoms with E-state index in [9.17, 15) is 22.5 Å². The summed E-state index contributed by atoms with van der Waals surface area (Å²) >= 11 is -0.581. The van der Waals surface area contributed by atoms with Gasteiger partial charge < -0.3 is 9.29 Å². The van der Waals surface area contributed by atoms with E-state index in [2.05, 4.69) is 4.40 Å². The first kappa shape index (κ1) is 23.3.